The molecule has 0 amide bonds. The van der Waals surface area contributed by atoms with Crippen molar-refractivity contribution in [2.24, 2.45) is 0 Å². The summed E-state index contributed by atoms with van der Waals surface area (Å²) in [5.41, 5.74) is 6.91. The Labute approximate surface area is 236 Å². The number of imidazole rings is 1. The minimum atomic E-state index is -3.76. The average Bonchev–Trinajstić information content (AvgIpc) is 3.32. The Balaban J connectivity index is 1.34. The number of nitrogen functional groups attached to an aromatic ring is 1. The number of hydrogen-bond donors (Lipinski definition) is 2. The third-order valence-electron chi connectivity index (χ3n) is 6.28. The number of rotatable bonds is 25. The monoisotopic (exact) mass is 589 g/mol. The van der Waals surface area contributed by atoms with E-state index in [1.54, 1.807) is 21.7 Å². The Hall–Kier alpha value is -0.840. The molecule has 2 heterocycles. The maximum atomic E-state index is 12.2. The molecule has 0 aliphatic rings. The Morgan fingerprint density at radius 1 is 0.868 bits per heavy atom. The number of fused-ring (bicyclic) bond motifs is 1. The Bertz CT molecular complexity index is 921. The van der Waals surface area contributed by atoms with Gasteiger partial charge >= 0.3 is 7.60 Å². The highest BCUT2D eigenvalue weighted by Crippen LogP contribution is 2.42. The SMILES string of the molecule is CCCCCCCCCCCCCCCCSSCCOP(=O)(O)COCCn1cnc2c(N)ncnc21. The molecule has 9 nitrogen and oxygen atoms in total. The average molecular weight is 590 g/mol. The maximum Gasteiger partial charge on any atom is 0.353 e. The molecule has 0 saturated carbocycles. The van der Waals surface area contributed by atoms with E-state index in [1.165, 1.54) is 96.2 Å². The lowest BCUT2D eigenvalue weighted by molar-refractivity contribution is 0.140. The fourth-order valence-electron chi connectivity index (χ4n) is 4.13. The summed E-state index contributed by atoms with van der Waals surface area (Å²) in [5, 5.41) is 0. The molecular weight excluding hydrogens is 541 g/mol. The van der Waals surface area contributed by atoms with E-state index in [0.717, 1.165) is 5.75 Å². The van der Waals surface area contributed by atoms with Crippen LogP contribution >= 0.6 is 29.2 Å². The summed E-state index contributed by atoms with van der Waals surface area (Å²) in [6, 6.07) is 0. The highest BCUT2D eigenvalue weighted by Gasteiger charge is 2.19. The molecule has 0 aliphatic carbocycles. The molecule has 2 aromatic heterocycles. The zero-order chi connectivity index (χ0) is 27.3. The molecule has 0 aliphatic heterocycles. The lowest BCUT2D eigenvalue weighted by atomic mass is 10.0. The zero-order valence-electron chi connectivity index (χ0n) is 23.1. The molecule has 12 heteroatoms. The van der Waals surface area contributed by atoms with Gasteiger partial charge in [-0.25, -0.2) is 15.0 Å². The van der Waals surface area contributed by atoms with E-state index in [9.17, 15) is 9.46 Å². The largest absolute Gasteiger partial charge is 0.382 e. The number of hydrogen-bond acceptors (Lipinski definition) is 9. The van der Waals surface area contributed by atoms with Gasteiger partial charge in [-0.3, -0.25) is 4.57 Å². The lowest BCUT2D eigenvalue weighted by Crippen LogP contribution is -2.08. The van der Waals surface area contributed by atoms with Gasteiger partial charge in [0.25, 0.3) is 0 Å². The molecule has 2 aromatic rings. The van der Waals surface area contributed by atoms with E-state index >= 15 is 0 Å². The summed E-state index contributed by atoms with van der Waals surface area (Å²) in [5.74, 6) is 2.11. The molecule has 0 saturated heterocycles. The van der Waals surface area contributed by atoms with Crippen molar-refractivity contribution in [3.8, 4) is 0 Å². The number of aromatic nitrogens is 4. The van der Waals surface area contributed by atoms with Crippen LogP contribution in [0.25, 0.3) is 11.2 Å². The van der Waals surface area contributed by atoms with Gasteiger partial charge < -0.3 is 24.5 Å². The number of nitrogens with two attached hydrogens (primary N) is 1. The smallest absolute Gasteiger partial charge is 0.353 e. The van der Waals surface area contributed by atoms with E-state index in [0.29, 0.717) is 29.3 Å². The van der Waals surface area contributed by atoms with Crippen molar-refractivity contribution in [1.29, 1.82) is 0 Å². The number of ether oxygens (including phenoxy) is 1. The first-order chi connectivity index (χ1) is 18.5. The normalized spacial score (nSPS) is 13.3. The molecule has 3 N–H and O–H groups in total. The first-order valence-electron chi connectivity index (χ1n) is 14.2. The second kappa shape index (κ2) is 21.0. The molecule has 0 radical (unpaired) electrons. The number of unbranched alkanes of at least 4 members (excludes halogenated alkanes) is 13. The van der Waals surface area contributed by atoms with Crippen LogP contribution in [-0.2, 0) is 20.4 Å². The van der Waals surface area contributed by atoms with Crippen LogP contribution < -0.4 is 5.73 Å². The third-order valence-corrected chi connectivity index (χ3v) is 9.83. The highest BCUT2D eigenvalue weighted by atomic mass is 33.1. The molecule has 0 aromatic carbocycles. The van der Waals surface area contributed by atoms with E-state index < -0.39 is 7.60 Å². The molecule has 38 heavy (non-hydrogen) atoms. The third kappa shape index (κ3) is 15.1. The Kier molecular flexibility index (Phi) is 18.4. The second-order valence-corrected chi connectivity index (χ2v) is 14.1. The molecule has 1 unspecified atom stereocenters. The number of nitrogens with zero attached hydrogens (tertiary/aromatic N) is 4. The van der Waals surface area contributed by atoms with Crippen LogP contribution in [0.5, 0.6) is 0 Å². The van der Waals surface area contributed by atoms with Gasteiger partial charge in [0.15, 0.2) is 11.5 Å². The first-order valence-corrected chi connectivity index (χ1v) is 18.5. The van der Waals surface area contributed by atoms with Gasteiger partial charge in [-0.1, -0.05) is 112 Å². The second-order valence-electron chi connectivity index (χ2n) is 9.62. The predicted molar refractivity (Wildman–Crippen MR) is 162 cm³/mol. The fourth-order valence-corrected chi connectivity index (χ4v) is 7.04. The van der Waals surface area contributed by atoms with Crippen molar-refractivity contribution in [2.45, 2.75) is 103 Å². The molecule has 0 bridgehead atoms. The highest BCUT2D eigenvalue weighted by molar-refractivity contribution is 8.76. The lowest BCUT2D eigenvalue weighted by Gasteiger charge is -2.12. The van der Waals surface area contributed by atoms with E-state index in [4.69, 9.17) is 15.0 Å². The van der Waals surface area contributed by atoms with Gasteiger partial charge in [0.05, 0.1) is 19.5 Å². The van der Waals surface area contributed by atoms with Crippen LogP contribution in [-0.4, -0.2) is 55.5 Å². The van der Waals surface area contributed by atoms with E-state index in [2.05, 4.69) is 21.9 Å². The van der Waals surface area contributed by atoms with Crippen molar-refractivity contribution >= 4 is 46.2 Å². The fraction of sp³-hybridized carbons (Fsp3) is 0.808. The number of anilines is 1. The van der Waals surface area contributed by atoms with Crippen molar-refractivity contribution in [1.82, 2.24) is 19.5 Å². The standard InChI is InChI=1S/C26H48N5O4PS2/c1-2-3-4-5-6-7-8-9-10-11-12-13-14-15-19-37-38-20-18-35-36(32,33)23-34-17-16-31-22-30-24-25(27)28-21-29-26(24)31/h21-22H,2-20,23H2,1H3,(H,32,33)(H2,27,28,29). The summed E-state index contributed by atoms with van der Waals surface area (Å²) in [4.78, 5) is 22.2. The molecule has 1 atom stereocenters. The van der Waals surface area contributed by atoms with Crippen LogP contribution in [0.15, 0.2) is 12.7 Å². The quantitative estimate of drug-likeness (QED) is 0.0685. The summed E-state index contributed by atoms with van der Waals surface area (Å²) in [6.45, 7) is 3.16. The topological polar surface area (TPSA) is 125 Å². The van der Waals surface area contributed by atoms with Gasteiger partial charge in [-0.2, -0.15) is 0 Å². The van der Waals surface area contributed by atoms with Gasteiger partial charge in [-0.15, -0.1) is 0 Å². The zero-order valence-corrected chi connectivity index (χ0v) is 25.6. The summed E-state index contributed by atoms with van der Waals surface area (Å²) in [7, 11) is -0.253. The maximum absolute atomic E-state index is 12.2. The van der Waals surface area contributed by atoms with Crippen LogP contribution in [0.4, 0.5) is 5.82 Å². The van der Waals surface area contributed by atoms with Crippen molar-refractivity contribution in [2.75, 3.05) is 36.8 Å². The summed E-state index contributed by atoms with van der Waals surface area (Å²) < 4.78 is 24.5. The van der Waals surface area contributed by atoms with Gasteiger partial charge in [0.1, 0.15) is 18.2 Å². The molecule has 2 rings (SSSR count). The van der Waals surface area contributed by atoms with Gasteiger partial charge in [0.2, 0.25) is 0 Å². The first kappa shape index (κ1) is 33.4. The molecule has 218 valence electrons. The van der Waals surface area contributed by atoms with Crippen molar-refractivity contribution in [3.63, 3.8) is 0 Å². The van der Waals surface area contributed by atoms with E-state index in [1.807, 2.05) is 10.8 Å². The van der Waals surface area contributed by atoms with Gasteiger partial charge in [0, 0.05) is 18.1 Å². The van der Waals surface area contributed by atoms with Crippen molar-refractivity contribution < 1.29 is 18.7 Å². The van der Waals surface area contributed by atoms with Crippen LogP contribution in [0, 0.1) is 0 Å². The molecular formula is C26H48N5O4PS2. The predicted octanol–water partition coefficient (Wildman–Crippen LogP) is 7.45. The minimum absolute atomic E-state index is 0.229. The molecule has 0 spiro atoms. The molecule has 0 fully saturated rings. The van der Waals surface area contributed by atoms with E-state index in [-0.39, 0.29) is 19.6 Å². The van der Waals surface area contributed by atoms with Crippen LogP contribution in [0.2, 0.25) is 0 Å². The van der Waals surface area contributed by atoms with Crippen LogP contribution in [0.1, 0.15) is 96.8 Å². The van der Waals surface area contributed by atoms with Crippen molar-refractivity contribution in [3.05, 3.63) is 12.7 Å². The minimum Gasteiger partial charge on any atom is -0.382 e. The Morgan fingerprint density at radius 2 is 1.47 bits per heavy atom. The summed E-state index contributed by atoms with van der Waals surface area (Å²) >= 11 is 0. The Morgan fingerprint density at radius 3 is 2.13 bits per heavy atom. The summed E-state index contributed by atoms with van der Waals surface area (Å²) in [6.07, 6.45) is 21.9. The van der Waals surface area contributed by atoms with Crippen LogP contribution in [0.3, 0.4) is 0 Å². The van der Waals surface area contributed by atoms with Gasteiger partial charge in [-0.05, 0) is 6.42 Å².